The van der Waals surface area contributed by atoms with E-state index in [2.05, 4.69) is 10.6 Å². The summed E-state index contributed by atoms with van der Waals surface area (Å²) in [6.45, 7) is 1.71. The van der Waals surface area contributed by atoms with Crippen LogP contribution in [0.4, 0.5) is 5.69 Å². The van der Waals surface area contributed by atoms with Crippen LogP contribution in [0.2, 0.25) is 5.02 Å². The topological polar surface area (TPSA) is 58.2 Å². The molecule has 0 aliphatic carbocycles. The number of anilines is 1. The van der Waals surface area contributed by atoms with E-state index in [9.17, 15) is 9.59 Å². The molecule has 1 rings (SSSR count). The van der Waals surface area contributed by atoms with Crippen molar-refractivity contribution in [2.75, 3.05) is 18.2 Å². The molecule has 4 nitrogen and oxygen atoms in total. The first kappa shape index (κ1) is 14.8. The second-order valence-electron chi connectivity index (χ2n) is 3.82. The number of amides is 2. The molecule has 0 radical (unpaired) electrons. The van der Waals surface area contributed by atoms with Crippen LogP contribution in [0.5, 0.6) is 0 Å². The van der Waals surface area contributed by atoms with Crippen LogP contribution in [-0.4, -0.2) is 24.7 Å². The summed E-state index contributed by atoms with van der Waals surface area (Å²) in [5, 5.41) is 5.52. The fourth-order valence-electron chi connectivity index (χ4n) is 1.23. The summed E-state index contributed by atoms with van der Waals surface area (Å²) in [6, 6.07) is 4.68. The van der Waals surface area contributed by atoms with Crippen LogP contribution in [0.3, 0.4) is 0 Å². The molecule has 1 aromatic carbocycles. The van der Waals surface area contributed by atoms with Crippen molar-refractivity contribution in [3.8, 4) is 0 Å². The normalized spacial score (nSPS) is 11.8. The lowest BCUT2D eigenvalue weighted by Gasteiger charge is -2.11. The first-order chi connectivity index (χ1) is 8.49. The average Bonchev–Trinajstić information content (AvgIpc) is 2.39. The zero-order chi connectivity index (χ0) is 13.7. The van der Waals surface area contributed by atoms with Gasteiger partial charge in [0.2, 0.25) is 5.91 Å². The molecule has 1 unspecified atom stereocenters. The van der Waals surface area contributed by atoms with Crippen LogP contribution in [0.15, 0.2) is 18.2 Å². The van der Waals surface area contributed by atoms with Crippen molar-refractivity contribution in [2.24, 2.45) is 5.92 Å². The molecule has 0 aliphatic heterocycles. The van der Waals surface area contributed by atoms with E-state index >= 15 is 0 Å². The summed E-state index contributed by atoms with van der Waals surface area (Å²) in [5.41, 5.74) is 0.829. The van der Waals surface area contributed by atoms with E-state index in [0.29, 0.717) is 16.3 Å². The lowest BCUT2D eigenvalue weighted by Crippen LogP contribution is -2.22. The number of nitrogens with one attached hydrogen (secondary N) is 2. The zero-order valence-electron chi connectivity index (χ0n) is 10.1. The summed E-state index contributed by atoms with van der Waals surface area (Å²) in [4.78, 5) is 23.2. The smallest absolute Gasteiger partial charge is 0.251 e. The van der Waals surface area contributed by atoms with Crippen molar-refractivity contribution in [3.63, 3.8) is 0 Å². The summed E-state index contributed by atoms with van der Waals surface area (Å²) >= 11 is 11.6. The molecule has 0 saturated heterocycles. The maximum atomic E-state index is 11.7. The fourth-order valence-corrected chi connectivity index (χ4v) is 1.54. The van der Waals surface area contributed by atoms with Gasteiger partial charge in [-0.15, -0.1) is 11.6 Å². The molecule has 0 spiro atoms. The van der Waals surface area contributed by atoms with Gasteiger partial charge in [0.25, 0.3) is 5.91 Å². The number of carbonyl (C=O) groups is 2. The maximum absolute atomic E-state index is 11.7. The Morgan fingerprint density at radius 1 is 1.39 bits per heavy atom. The number of hydrogen-bond acceptors (Lipinski definition) is 2. The number of hydrogen-bond donors (Lipinski definition) is 2. The van der Waals surface area contributed by atoms with Crippen molar-refractivity contribution in [3.05, 3.63) is 28.8 Å². The molecule has 2 amide bonds. The van der Waals surface area contributed by atoms with E-state index in [4.69, 9.17) is 23.2 Å². The lowest BCUT2D eigenvalue weighted by atomic mass is 10.1. The van der Waals surface area contributed by atoms with Crippen molar-refractivity contribution in [1.82, 2.24) is 5.32 Å². The maximum Gasteiger partial charge on any atom is 0.251 e. The van der Waals surface area contributed by atoms with Gasteiger partial charge >= 0.3 is 0 Å². The molecule has 0 heterocycles. The number of carbonyl (C=O) groups excluding carboxylic acids is 2. The molecule has 0 bridgehead atoms. The van der Waals surface area contributed by atoms with Gasteiger partial charge in [-0.2, -0.15) is 0 Å². The second-order valence-corrected chi connectivity index (χ2v) is 4.53. The SMILES string of the molecule is CNC(=O)c1ccc(Cl)c(NC(=O)C(C)CCl)c1. The minimum Gasteiger partial charge on any atom is -0.355 e. The van der Waals surface area contributed by atoms with Gasteiger partial charge in [0.05, 0.1) is 10.7 Å². The Balaban J connectivity index is 2.94. The van der Waals surface area contributed by atoms with Gasteiger partial charge in [-0.25, -0.2) is 0 Å². The highest BCUT2D eigenvalue weighted by atomic mass is 35.5. The number of alkyl halides is 1. The Bertz CT molecular complexity index is 463. The molecule has 6 heteroatoms. The molecule has 1 aromatic rings. The first-order valence-electron chi connectivity index (χ1n) is 5.38. The molecule has 0 aromatic heterocycles. The third-order valence-electron chi connectivity index (χ3n) is 2.39. The number of benzene rings is 1. The third kappa shape index (κ3) is 3.62. The minimum atomic E-state index is -0.327. The van der Waals surface area contributed by atoms with Crippen LogP contribution in [0, 0.1) is 5.92 Å². The molecular weight excluding hydrogens is 275 g/mol. The van der Waals surface area contributed by atoms with E-state index in [1.54, 1.807) is 19.1 Å². The Morgan fingerprint density at radius 3 is 2.61 bits per heavy atom. The van der Waals surface area contributed by atoms with Crippen LogP contribution >= 0.6 is 23.2 Å². The van der Waals surface area contributed by atoms with Crippen molar-refractivity contribution < 1.29 is 9.59 Å². The van der Waals surface area contributed by atoms with Crippen molar-refractivity contribution in [1.29, 1.82) is 0 Å². The predicted molar refractivity (Wildman–Crippen MR) is 73.4 cm³/mol. The van der Waals surface area contributed by atoms with E-state index in [1.807, 2.05) is 0 Å². The molecule has 0 saturated carbocycles. The molecular formula is C12H14Cl2N2O2. The Morgan fingerprint density at radius 2 is 2.06 bits per heavy atom. The first-order valence-corrected chi connectivity index (χ1v) is 6.29. The highest BCUT2D eigenvalue weighted by molar-refractivity contribution is 6.34. The van der Waals surface area contributed by atoms with Gasteiger partial charge in [-0.1, -0.05) is 18.5 Å². The average molecular weight is 289 g/mol. The van der Waals surface area contributed by atoms with Gasteiger partial charge in [0.1, 0.15) is 0 Å². The quantitative estimate of drug-likeness (QED) is 0.837. The molecule has 18 heavy (non-hydrogen) atoms. The lowest BCUT2D eigenvalue weighted by molar-refractivity contribution is -0.118. The highest BCUT2D eigenvalue weighted by Crippen LogP contribution is 2.23. The van der Waals surface area contributed by atoms with Crippen molar-refractivity contribution in [2.45, 2.75) is 6.92 Å². The van der Waals surface area contributed by atoms with Gasteiger partial charge < -0.3 is 10.6 Å². The molecule has 2 N–H and O–H groups in total. The van der Waals surface area contributed by atoms with E-state index in [-0.39, 0.29) is 23.6 Å². The molecule has 0 aliphatic rings. The monoisotopic (exact) mass is 288 g/mol. The Labute approximate surface area is 116 Å². The van der Waals surface area contributed by atoms with E-state index in [0.717, 1.165) is 0 Å². The standard InChI is InChI=1S/C12H14Cl2N2O2/c1-7(6-13)11(17)16-10-5-8(12(18)15-2)3-4-9(10)14/h3-5,7H,6H2,1-2H3,(H,15,18)(H,16,17). The van der Waals surface area contributed by atoms with E-state index < -0.39 is 0 Å². The third-order valence-corrected chi connectivity index (χ3v) is 3.19. The zero-order valence-corrected chi connectivity index (χ0v) is 11.6. The van der Waals surface area contributed by atoms with Crippen LogP contribution in [0.1, 0.15) is 17.3 Å². The van der Waals surface area contributed by atoms with Gasteiger partial charge in [0, 0.05) is 24.4 Å². The van der Waals surface area contributed by atoms with Crippen molar-refractivity contribution >= 4 is 40.7 Å². The Hall–Kier alpha value is -1.26. The van der Waals surface area contributed by atoms with Gasteiger partial charge in [-0.05, 0) is 18.2 Å². The number of rotatable bonds is 4. The van der Waals surface area contributed by atoms with Gasteiger partial charge in [-0.3, -0.25) is 9.59 Å². The second kappa shape index (κ2) is 6.61. The van der Waals surface area contributed by atoms with Crippen LogP contribution in [-0.2, 0) is 4.79 Å². The van der Waals surface area contributed by atoms with E-state index in [1.165, 1.54) is 13.1 Å². The summed E-state index contributed by atoms with van der Waals surface area (Å²) in [6.07, 6.45) is 0. The molecule has 98 valence electrons. The number of halogens is 2. The summed E-state index contributed by atoms with van der Waals surface area (Å²) < 4.78 is 0. The predicted octanol–water partition coefficient (Wildman–Crippen LogP) is 2.51. The van der Waals surface area contributed by atoms with Crippen LogP contribution in [0.25, 0.3) is 0 Å². The summed E-state index contributed by atoms with van der Waals surface area (Å²) in [5.74, 6) is -0.585. The minimum absolute atomic E-state index is 0.221. The molecule has 0 fully saturated rings. The summed E-state index contributed by atoms with van der Waals surface area (Å²) in [7, 11) is 1.53. The van der Waals surface area contributed by atoms with Crippen LogP contribution < -0.4 is 10.6 Å². The molecule has 1 atom stereocenters. The Kier molecular flexibility index (Phi) is 5.44. The largest absolute Gasteiger partial charge is 0.355 e. The highest BCUT2D eigenvalue weighted by Gasteiger charge is 2.14. The fraction of sp³-hybridized carbons (Fsp3) is 0.333. The van der Waals surface area contributed by atoms with Gasteiger partial charge in [0.15, 0.2) is 0 Å².